The molecular formula is C14H12ClNOS. The quantitative estimate of drug-likeness (QED) is 0.859. The molecular weight excluding hydrogens is 266 g/mol. The van der Waals surface area contributed by atoms with Crippen molar-refractivity contribution in [3.63, 3.8) is 0 Å². The van der Waals surface area contributed by atoms with Gasteiger partial charge in [0.05, 0.1) is 0 Å². The molecule has 0 spiro atoms. The Kier molecular flexibility index (Phi) is 3.84. The molecule has 2 nitrogen and oxygen atoms in total. The molecule has 0 aliphatic heterocycles. The van der Waals surface area contributed by atoms with Crippen molar-refractivity contribution in [1.29, 1.82) is 0 Å². The largest absolute Gasteiger partial charge is 0.457 e. The highest BCUT2D eigenvalue weighted by Gasteiger charge is 2.03. The number of thiocarbonyl (C=S) groups is 1. The highest BCUT2D eigenvalue weighted by Crippen LogP contribution is 2.27. The lowest BCUT2D eigenvalue weighted by Gasteiger charge is -2.09. The van der Waals surface area contributed by atoms with Crippen molar-refractivity contribution in [3.8, 4) is 11.5 Å². The van der Waals surface area contributed by atoms with Crippen LogP contribution < -0.4 is 10.5 Å². The number of rotatable bonds is 3. The average molecular weight is 278 g/mol. The monoisotopic (exact) mass is 277 g/mol. The lowest BCUT2D eigenvalue weighted by atomic mass is 10.2. The fraction of sp³-hybridized carbons (Fsp3) is 0.0714. The third-order valence-electron chi connectivity index (χ3n) is 2.50. The molecule has 0 radical (unpaired) electrons. The summed E-state index contributed by atoms with van der Waals surface area (Å²) in [6, 6.07) is 12.9. The molecule has 2 N–H and O–H groups in total. The van der Waals surface area contributed by atoms with E-state index in [1.54, 1.807) is 6.07 Å². The van der Waals surface area contributed by atoms with Crippen LogP contribution in [0.4, 0.5) is 0 Å². The molecule has 0 atom stereocenters. The molecule has 2 aromatic carbocycles. The molecule has 0 aliphatic rings. The zero-order valence-corrected chi connectivity index (χ0v) is 11.4. The Labute approximate surface area is 116 Å². The van der Waals surface area contributed by atoms with Crippen molar-refractivity contribution in [1.82, 2.24) is 0 Å². The van der Waals surface area contributed by atoms with Gasteiger partial charge in [0.25, 0.3) is 0 Å². The van der Waals surface area contributed by atoms with E-state index in [9.17, 15) is 0 Å². The van der Waals surface area contributed by atoms with E-state index >= 15 is 0 Å². The van der Waals surface area contributed by atoms with Crippen molar-refractivity contribution in [3.05, 3.63) is 58.6 Å². The van der Waals surface area contributed by atoms with Crippen LogP contribution in [0.25, 0.3) is 0 Å². The molecule has 0 amide bonds. The molecule has 0 aromatic heterocycles. The summed E-state index contributed by atoms with van der Waals surface area (Å²) in [6.07, 6.45) is 0. The predicted molar refractivity (Wildman–Crippen MR) is 78.6 cm³/mol. The first kappa shape index (κ1) is 12.9. The summed E-state index contributed by atoms with van der Waals surface area (Å²) in [4.78, 5) is 0.379. The molecule has 2 rings (SSSR count). The van der Waals surface area contributed by atoms with Crippen molar-refractivity contribution >= 4 is 28.8 Å². The zero-order chi connectivity index (χ0) is 13.1. The van der Waals surface area contributed by atoms with E-state index in [0.29, 0.717) is 10.0 Å². The lowest BCUT2D eigenvalue weighted by Crippen LogP contribution is -2.08. The number of nitrogens with two attached hydrogens (primary N) is 1. The van der Waals surface area contributed by atoms with Crippen LogP contribution >= 0.6 is 23.8 Å². The number of hydrogen-bond donors (Lipinski definition) is 1. The maximum absolute atomic E-state index is 5.89. The summed E-state index contributed by atoms with van der Waals surface area (Å²) in [5.41, 5.74) is 7.34. The molecule has 0 fully saturated rings. The number of hydrogen-bond acceptors (Lipinski definition) is 2. The second kappa shape index (κ2) is 5.38. The van der Waals surface area contributed by atoms with Crippen LogP contribution in [0.5, 0.6) is 11.5 Å². The minimum atomic E-state index is 0.379. The SMILES string of the molecule is Cc1cc(Cl)ccc1Oc1ccc(C(N)=S)cc1. The molecule has 0 aliphatic carbocycles. The van der Waals surface area contributed by atoms with Gasteiger partial charge in [-0.15, -0.1) is 0 Å². The smallest absolute Gasteiger partial charge is 0.130 e. The minimum Gasteiger partial charge on any atom is -0.457 e. The number of aryl methyl sites for hydroxylation is 1. The normalized spacial score (nSPS) is 10.1. The molecule has 92 valence electrons. The Morgan fingerprint density at radius 1 is 1.17 bits per heavy atom. The Balaban J connectivity index is 2.21. The maximum Gasteiger partial charge on any atom is 0.130 e. The van der Waals surface area contributed by atoms with Gasteiger partial charge < -0.3 is 10.5 Å². The van der Waals surface area contributed by atoms with Gasteiger partial charge in [-0.25, -0.2) is 0 Å². The summed E-state index contributed by atoms with van der Waals surface area (Å²) < 4.78 is 5.76. The van der Waals surface area contributed by atoms with Gasteiger partial charge in [0, 0.05) is 10.6 Å². The maximum atomic E-state index is 5.89. The second-order valence-corrected chi connectivity index (χ2v) is 4.78. The highest BCUT2D eigenvalue weighted by molar-refractivity contribution is 7.80. The first-order valence-corrected chi connectivity index (χ1v) is 6.19. The van der Waals surface area contributed by atoms with Gasteiger partial charge in [-0.1, -0.05) is 23.8 Å². The summed E-state index contributed by atoms with van der Waals surface area (Å²) in [6.45, 7) is 1.95. The van der Waals surface area contributed by atoms with Crippen LogP contribution in [0.2, 0.25) is 5.02 Å². The molecule has 2 aromatic rings. The van der Waals surface area contributed by atoms with E-state index < -0.39 is 0 Å². The summed E-state index contributed by atoms with van der Waals surface area (Å²) in [5.74, 6) is 1.52. The Bertz CT molecular complexity index is 581. The van der Waals surface area contributed by atoms with E-state index in [2.05, 4.69) is 0 Å². The van der Waals surface area contributed by atoms with Crippen LogP contribution in [-0.2, 0) is 0 Å². The second-order valence-electron chi connectivity index (χ2n) is 3.90. The number of halogens is 1. The zero-order valence-electron chi connectivity index (χ0n) is 9.81. The van der Waals surface area contributed by atoms with Crippen molar-refractivity contribution in [2.45, 2.75) is 6.92 Å². The Hall–Kier alpha value is -1.58. The lowest BCUT2D eigenvalue weighted by molar-refractivity contribution is 0.479. The molecule has 0 unspecified atom stereocenters. The van der Waals surface area contributed by atoms with Crippen LogP contribution in [0.15, 0.2) is 42.5 Å². The van der Waals surface area contributed by atoms with E-state index in [1.807, 2.05) is 43.3 Å². The van der Waals surface area contributed by atoms with Gasteiger partial charge in [0.1, 0.15) is 16.5 Å². The third kappa shape index (κ3) is 3.00. The minimum absolute atomic E-state index is 0.379. The standard InChI is InChI=1S/C14H12ClNOS/c1-9-8-11(15)4-7-13(9)17-12-5-2-10(3-6-12)14(16)18/h2-8H,1H3,(H2,16,18). The summed E-state index contributed by atoms with van der Waals surface area (Å²) in [5, 5.41) is 0.698. The average Bonchev–Trinajstić information content (AvgIpc) is 2.33. The molecule has 0 saturated heterocycles. The van der Waals surface area contributed by atoms with Gasteiger partial charge in [-0.2, -0.15) is 0 Å². The summed E-state index contributed by atoms with van der Waals surface area (Å²) >= 11 is 10.8. The van der Waals surface area contributed by atoms with Gasteiger partial charge in [0.15, 0.2) is 0 Å². The fourth-order valence-electron chi connectivity index (χ4n) is 1.54. The van der Waals surface area contributed by atoms with Gasteiger partial charge >= 0.3 is 0 Å². The van der Waals surface area contributed by atoms with Crippen LogP contribution in [0, 0.1) is 6.92 Å². The predicted octanol–water partition coefficient (Wildman–Crippen LogP) is 4.07. The van der Waals surface area contributed by atoms with Gasteiger partial charge in [-0.3, -0.25) is 0 Å². The first-order chi connectivity index (χ1) is 8.56. The molecule has 0 heterocycles. The van der Waals surface area contributed by atoms with Crippen molar-refractivity contribution in [2.75, 3.05) is 0 Å². The van der Waals surface area contributed by atoms with E-state index in [-0.39, 0.29) is 0 Å². The van der Waals surface area contributed by atoms with E-state index in [4.69, 9.17) is 34.3 Å². The Morgan fingerprint density at radius 3 is 2.39 bits per heavy atom. The molecule has 18 heavy (non-hydrogen) atoms. The molecule has 0 saturated carbocycles. The van der Waals surface area contributed by atoms with Gasteiger partial charge in [0.2, 0.25) is 0 Å². The van der Waals surface area contributed by atoms with E-state index in [1.165, 1.54) is 0 Å². The Morgan fingerprint density at radius 2 is 1.83 bits per heavy atom. The fourth-order valence-corrected chi connectivity index (χ4v) is 1.90. The van der Waals surface area contributed by atoms with Crippen molar-refractivity contribution in [2.24, 2.45) is 5.73 Å². The van der Waals surface area contributed by atoms with Crippen LogP contribution in [0.3, 0.4) is 0 Å². The van der Waals surface area contributed by atoms with Crippen molar-refractivity contribution < 1.29 is 4.74 Å². The van der Waals surface area contributed by atoms with Crippen LogP contribution in [-0.4, -0.2) is 4.99 Å². The first-order valence-electron chi connectivity index (χ1n) is 5.40. The van der Waals surface area contributed by atoms with E-state index in [0.717, 1.165) is 22.6 Å². The molecule has 4 heteroatoms. The molecule has 0 bridgehead atoms. The highest BCUT2D eigenvalue weighted by atomic mass is 35.5. The summed E-state index contributed by atoms with van der Waals surface area (Å²) in [7, 11) is 0. The van der Waals surface area contributed by atoms with Gasteiger partial charge in [-0.05, 0) is 55.0 Å². The number of benzene rings is 2. The topological polar surface area (TPSA) is 35.2 Å². The van der Waals surface area contributed by atoms with Crippen LogP contribution in [0.1, 0.15) is 11.1 Å². The third-order valence-corrected chi connectivity index (χ3v) is 2.97. The number of ether oxygens (including phenoxy) is 1.